The molecule has 1 N–H and O–H groups in total. The first-order valence-corrected chi connectivity index (χ1v) is 3.48. The molecule has 0 amide bonds. The molecule has 1 heterocycles. The summed E-state index contributed by atoms with van der Waals surface area (Å²) in [7, 11) is 0. The number of aromatic nitrogens is 1. The first-order valence-electron chi connectivity index (χ1n) is 3.48. The minimum atomic E-state index is -0.0983. The molecule has 0 radical (unpaired) electrons. The van der Waals surface area contributed by atoms with Crippen LogP contribution in [0.4, 0.5) is 0 Å². The first-order chi connectivity index (χ1) is 5.38. The van der Waals surface area contributed by atoms with Crippen LogP contribution < -0.4 is 0 Å². The molecule has 0 aliphatic carbocycles. The largest absolute Gasteiger partial charge is 0.446 e. The van der Waals surface area contributed by atoms with Gasteiger partial charge in [0.2, 0.25) is 0 Å². The van der Waals surface area contributed by atoms with Gasteiger partial charge in [-0.2, -0.15) is 0 Å². The Hall–Kier alpha value is -0.870. The van der Waals surface area contributed by atoms with Gasteiger partial charge in [-0.05, 0) is 6.92 Å². The molecule has 0 spiro atoms. The molecule has 0 saturated carbocycles. The molecule has 1 aromatic rings. The van der Waals surface area contributed by atoms with E-state index in [0.29, 0.717) is 24.7 Å². The quantitative estimate of drug-likeness (QED) is 0.699. The lowest BCUT2D eigenvalue weighted by Gasteiger charge is -1.97. The van der Waals surface area contributed by atoms with E-state index < -0.39 is 0 Å². The van der Waals surface area contributed by atoms with Crippen LogP contribution in [0, 0.1) is 0 Å². The van der Waals surface area contributed by atoms with Gasteiger partial charge in [-0.3, -0.25) is 0 Å². The molecule has 0 unspecified atom stereocenters. The van der Waals surface area contributed by atoms with Crippen LogP contribution in [0.2, 0.25) is 0 Å². The molecular weight excluding hydrogens is 146 g/mol. The van der Waals surface area contributed by atoms with Gasteiger partial charge in [-0.1, -0.05) is 0 Å². The minimum absolute atomic E-state index is 0.0983. The fourth-order valence-corrected chi connectivity index (χ4v) is 0.735. The maximum atomic E-state index is 8.73. The smallest absolute Gasteiger partial charge is 0.181 e. The Kier molecular flexibility index (Phi) is 3.07. The van der Waals surface area contributed by atoms with Gasteiger partial charge in [0.25, 0.3) is 0 Å². The van der Waals surface area contributed by atoms with Gasteiger partial charge in [0.05, 0.1) is 6.61 Å². The molecule has 0 aliphatic rings. The molecule has 1 rings (SSSR count). The molecule has 11 heavy (non-hydrogen) atoms. The van der Waals surface area contributed by atoms with Crippen molar-refractivity contribution in [3.05, 3.63) is 17.8 Å². The zero-order chi connectivity index (χ0) is 8.10. The van der Waals surface area contributed by atoms with E-state index in [9.17, 15) is 0 Å². The van der Waals surface area contributed by atoms with Gasteiger partial charge in [0.15, 0.2) is 12.2 Å². The summed E-state index contributed by atoms with van der Waals surface area (Å²) in [6.45, 7) is 2.81. The van der Waals surface area contributed by atoms with Crippen LogP contribution in [0.25, 0.3) is 0 Å². The SMILES string of the molecule is CCOCc1ocnc1CO. The van der Waals surface area contributed by atoms with E-state index in [-0.39, 0.29) is 6.61 Å². The maximum Gasteiger partial charge on any atom is 0.181 e. The topological polar surface area (TPSA) is 55.5 Å². The van der Waals surface area contributed by atoms with Crippen molar-refractivity contribution >= 4 is 0 Å². The van der Waals surface area contributed by atoms with Crippen molar-refractivity contribution in [3.8, 4) is 0 Å². The van der Waals surface area contributed by atoms with E-state index in [1.54, 1.807) is 0 Å². The van der Waals surface area contributed by atoms with Crippen molar-refractivity contribution in [2.45, 2.75) is 20.1 Å². The molecule has 0 aliphatic heterocycles. The Morgan fingerprint density at radius 1 is 1.73 bits per heavy atom. The maximum absolute atomic E-state index is 8.73. The second-order valence-corrected chi connectivity index (χ2v) is 2.02. The van der Waals surface area contributed by atoms with Crippen molar-refractivity contribution in [3.63, 3.8) is 0 Å². The van der Waals surface area contributed by atoms with Gasteiger partial charge in [-0.25, -0.2) is 4.98 Å². The summed E-state index contributed by atoms with van der Waals surface area (Å²) >= 11 is 0. The monoisotopic (exact) mass is 157 g/mol. The zero-order valence-electron chi connectivity index (χ0n) is 6.41. The van der Waals surface area contributed by atoms with E-state index in [1.807, 2.05) is 6.92 Å². The fraction of sp³-hybridized carbons (Fsp3) is 0.571. The van der Waals surface area contributed by atoms with Crippen molar-refractivity contribution in [1.29, 1.82) is 0 Å². The lowest BCUT2D eigenvalue weighted by atomic mass is 10.4. The van der Waals surface area contributed by atoms with Crippen LogP contribution in [-0.4, -0.2) is 16.7 Å². The van der Waals surface area contributed by atoms with Gasteiger partial charge >= 0.3 is 0 Å². The Morgan fingerprint density at radius 3 is 3.18 bits per heavy atom. The van der Waals surface area contributed by atoms with Crippen molar-refractivity contribution in [2.75, 3.05) is 6.61 Å². The normalized spacial score (nSPS) is 10.4. The molecule has 4 heteroatoms. The van der Waals surface area contributed by atoms with E-state index in [0.717, 1.165) is 0 Å². The van der Waals surface area contributed by atoms with Gasteiger partial charge in [0, 0.05) is 6.61 Å². The van der Waals surface area contributed by atoms with E-state index in [4.69, 9.17) is 14.3 Å². The third-order valence-corrected chi connectivity index (χ3v) is 1.31. The van der Waals surface area contributed by atoms with Gasteiger partial charge < -0.3 is 14.3 Å². The fourth-order valence-electron chi connectivity index (χ4n) is 0.735. The molecule has 0 fully saturated rings. The number of nitrogens with zero attached hydrogens (tertiary/aromatic N) is 1. The number of aliphatic hydroxyl groups is 1. The number of rotatable bonds is 4. The molecule has 1 aromatic heterocycles. The number of ether oxygens (including phenoxy) is 1. The molecule has 62 valence electrons. The number of hydrogen-bond acceptors (Lipinski definition) is 4. The second-order valence-electron chi connectivity index (χ2n) is 2.02. The molecule has 4 nitrogen and oxygen atoms in total. The molecule has 0 bridgehead atoms. The summed E-state index contributed by atoms with van der Waals surface area (Å²) in [5.41, 5.74) is 0.554. The highest BCUT2D eigenvalue weighted by Gasteiger charge is 2.05. The first kappa shape index (κ1) is 8.23. The van der Waals surface area contributed by atoms with Crippen molar-refractivity contribution in [2.24, 2.45) is 0 Å². The van der Waals surface area contributed by atoms with Crippen molar-refractivity contribution < 1.29 is 14.3 Å². The molecule has 0 saturated heterocycles. The van der Waals surface area contributed by atoms with Gasteiger partial charge in [-0.15, -0.1) is 0 Å². The Balaban J connectivity index is 2.54. The predicted octanol–water partition coefficient (Wildman–Crippen LogP) is 0.703. The summed E-state index contributed by atoms with van der Waals surface area (Å²) in [6, 6.07) is 0. The predicted molar refractivity (Wildman–Crippen MR) is 37.8 cm³/mol. The van der Waals surface area contributed by atoms with Crippen molar-refractivity contribution in [1.82, 2.24) is 4.98 Å². The van der Waals surface area contributed by atoms with Crippen LogP contribution >= 0.6 is 0 Å². The summed E-state index contributed by atoms with van der Waals surface area (Å²) in [6.07, 6.45) is 1.31. The van der Waals surface area contributed by atoms with Gasteiger partial charge in [0.1, 0.15) is 12.3 Å². The molecular formula is C7H11NO3. The van der Waals surface area contributed by atoms with E-state index in [1.165, 1.54) is 6.39 Å². The average molecular weight is 157 g/mol. The number of oxazole rings is 1. The van der Waals surface area contributed by atoms with Crippen LogP contribution in [0.3, 0.4) is 0 Å². The highest BCUT2D eigenvalue weighted by molar-refractivity contribution is 5.03. The van der Waals surface area contributed by atoms with E-state index >= 15 is 0 Å². The second kappa shape index (κ2) is 4.10. The lowest BCUT2D eigenvalue weighted by molar-refractivity contribution is 0.115. The number of hydrogen-bond donors (Lipinski definition) is 1. The summed E-state index contributed by atoms with van der Waals surface area (Å²) < 4.78 is 10.0. The standard InChI is InChI=1S/C7H11NO3/c1-2-10-4-7-6(3-9)8-5-11-7/h5,9H,2-4H2,1H3. The zero-order valence-corrected chi connectivity index (χ0v) is 6.41. The van der Waals surface area contributed by atoms with Crippen LogP contribution in [0.15, 0.2) is 10.8 Å². The summed E-state index contributed by atoms with van der Waals surface area (Å²) in [5.74, 6) is 0.606. The van der Waals surface area contributed by atoms with Crippen LogP contribution in [0.5, 0.6) is 0 Å². The third kappa shape index (κ3) is 2.03. The number of aliphatic hydroxyl groups excluding tert-OH is 1. The Labute approximate surface area is 64.8 Å². The lowest BCUT2D eigenvalue weighted by Crippen LogP contribution is -1.95. The molecule has 0 aromatic carbocycles. The minimum Gasteiger partial charge on any atom is -0.446 e. The van der Waals surface area contributed by atoms with E-state index in [2.05, 4.69) is 4.98 Å². The summed E-state index contributed by atoms with van der Waals surface area (Å²) in [5, 5.41) is 8.73. The Morgan fingerprint density at radius 2 is 2.55 bits per heavy atom. The average Bonchev–Trinajstić information content (AvgIpc) is 2.47. The van der Waals surface area contributed by atoms with Crippen LogP contribution in [-0.2, 0) is 18.0 Å². The highest BCUT2D eigenvalue weighted by atomic mass is 16.5. The third-order valence-electron chi connectivity index (χ3n) is 1.31. The van der Waals surface area contributed by atoms with Crippen LogP contribution in [0.1, 0.15) is 18.4 Å². The summed E-state index contributed by atoms with van der Waals surface area (Å²) in [4.78, 5) is 3.79. The molecule has 0 atom stereocenters. The highest BCUT2D eigenvalue weighted by Crippen LogP contribution is 2.07. The Bertz CT molecular complexity index is 209.